The molecule has 1 heterocycles. The Morgan fingerprint density at radius 3 is 2.32 bits per heavy atom. The molecule has 1 unspecified atom stereocenters. The maximum Gasteiger partial charge on any atom is 0.324 e. The summed E-state index contributed by atoms with van der Waals surface area (Å²) in [7, 11) is 4.53. The van der Waals surface area contributed by atoms with E-state index in [1.54, 1.807) is 14.2 Å². The van der Waals surface area contributed by atoms with Gasteiger partial charge in [0.15, 0.2) is 11.5 Å². The summed E-state index contributed by atoms with van der Waals surface area (Å²) < 4.78 is 16.7. The highest BCUT2D eigenvalue weighted by molar-refractivity contribution is 6.14. The summed E-state index contributed by atoms with van der Waals surface area (Å²) in [6.07, 6.45) is 0.492. The van der Waals surface area contributed by atoms with Gasteiger partial charge >= 0.3 is 5.97 Å². The highest BCUT2D eigenvalue weighted by Gasteiger charge is 2.32. The Balaban J connectivity index is 2.36. The van der Waals surface area contributed by atoms with Crippen molar-refractivity contribution in [3.63, 3.8) is 0 Å². The maximum atomic E-state index is 11.7. The number of nitrogens with zero attached hydrogens (tertiary/aromatic N) is 1. The van der Waals surface area contributed by atoms with E-state index in [0.717, 1.165) is 11.1 Å². The molecule has 0 amide bonds. The number of hydrogen-bond acceptors (Lipinski definition) is 5. The Labute approximate surface area is 117 Å². The van der Waals surface area contributed by atoms with E-state index < -0.39 is 6.04 Å². The molecule has 6 heteroatoms. The molecule has 104 valence electrons. The number of hydrogen-bond donors (Lipinski definition) is 0. The lowest BCUT2D eigenvalue weighted by Gasteiger charge is -2.30. The molecule has 0 aromatic heterocycles. The largest absolute Gasteiger partial charge is 0.493 e. The van der Waals surface area contributed by atoms with Crippen LogP contribution in [-0.2, 0) is 22.5 Å². The van der Waals surface area contributed by atoms with Crippen LogP contribution < -0.4 is 9.47 Å². The first kappa shape index (κ1) is 14.0. The monoisotopic (exact) mass is 285 g/mol. The van der Waals surface area contributed by atoms with Gasteiger partial charge in [-0.25, -0.2) is 4.42 Å². The summed E-state index contributed by atoms with van der Waals surface area (Å²) in [4.78, 5) is 11.7. The molecular formula is C13H16ClNO4. The predicted octanol–water partition coefficient (Wildman–Crippen LogP) is 1.76. The molecular weight excluding hydrogens is 270 g/mol. The SMILES string of the molecule is COC(=O)C1Cc2cc(OC)c(OC)cc2CN1Cl. The second-order valence-electron chi connectivity index (χ2n) is 4.28. The van der Waals surface area contributed by atoms with Gasteiger partial charge in [0, 0.05) is 13.0 Å². The minimum atomic E-state index is -0.475. The number of carbonyl (C=O) groups excluding carboxylic acids is 1. The molecule has 0 aliphatic carbocycles. The fraction of sp³-hybridized carbons (Fsp3) is 0.462. The maximum absolute atomic E-state index is 11.7. The third-order valence-electron chi connectivity index (χ3n) is 3.25. The van der Waals surface area contributed by atoms with E-state index in [1.807, 2.05) is 12.1 Å². The zero-order valence-electron chi connectivity index (χ0n) is 11.1. The van der Waals surface area contributed by atoms with Crippen LogP contribution in [-0.4, -0.2) is 37.8 Å². The van der Waals surface area contributed by atoms with E-state index in [0.29, 0.717) is 24.5 Å². The number of halogens is 1. The van der Waals surface area contributed by atoms with Gasteiger partial charge < -0.3 is 14.2 Å². The zero-order chi connectivity index (χ0) is 14.0. The fourth-order valence-corrected chi connectivity index (χ4v) is 2.49. The highest BCUT2D eigenvalue weighted by atomic mass is 35.5. The average Bonchev–Trinajstić information content (AvgIpc) is 2.44. The molecule has 0 saturated carbocycles. The van der Waals surface area contributed by atoms with Gasteiger partial charge in [-0.15, -0.1) is 0 Å². The first-order chi connectivity index (χ1) is 9.10. The standard InChI is InChI=1S/C13H16ClNO4/c1-17-11-5-8-4-10(13(16)19-3)15(14)7-9(8)6-12(11)18-2/h5-6,10H,4,7H2,1-3H3. The Hall–Kier alpha value is -1.46. The molecule has 1 atom stereocenters. The number of methoxy groups -OCH3 is 3. The molecule has 0 bridgehead atoms. The van der Waals surface area contributed by atoms with Crippen LogP contribution in [0.2, 0.25) is 0 Å². The molecule has 1 aromatic carbocycles. The molecule has 0 fully saturated rings. The molecule has 1 aliphatic rings. The van der Waals surface area contributed by atoms with E-state index in [1.165, 1.54) is 11.5 Å². The van der Waals surface area contributed by atoms with Crippen molar-refractivity contribution in [2.75, 3.05) is 21.3 Å². The first-order valence-corrected chi connectivity index (χ1v) is 6.18. The van der Waals surface area contributed by atoms with Gasteiger partial charge in [0.05, 0.1) is 21.3 Å². The third-order valence-corrected chi connectivity index (χ3v) is 3.61. The molecule has 5 nitrogen and oxygen atoms in total. The van der Waals surface area contributed by atoms with E-state index in [2.05, 4.69) is 0 Å². The van der Waals surface area contributed by atoms with Gasteiger partial charge in [0.2, 0.25) is 0 Å². The van der Waals surface area contributed by atoms with Crippen LogP contribution in [0.4, 0.5) is 0 Å². The van der Waals surface area contributed by atoms with Gasteiger partial charge in [0.25, 0.3) is 0 Å². The molecule has 0 N–H and O–H groups in total. The molecule has 0 radical (unpaired) electrons. The second-order valence-corrected chi connectivity index (χ2v) is 4.71. The first-order valence-electron chi connectivity index (χ1n) is 5.84. The lowest BCUT2D eigenvalue weighted by molar-refractivity contribution is -0.145. The lowest BCUT2D eigenvalue weighted by atomic mass is 9.95. The average molecular weight is 286 g/mol. The van der Waals surface area contributed by atoms with E-state index in [-0.39, 0.29) is 5.97 Å². The highest BCUT2D eigenvalue weighted by Crippen LogP contribution is 2.35. The quantitative estimate of drug-likeness (QED) is 0.626. The van der Waals surface area contributed by atoms with Crippen molar-refractivity contribution in [2.24, 2.45) is 0 Å². The Kier molecular flexibility index (Phi) is 4.17. The van der Waals surface area contributed by atoms with Crippen molar-refractivity contribution in [3.8, 4) is 11.5 Å². The number of benzene rings is 1. The summed E-state index contributed by atoms with van der Waals surface area (Å²) in [5.74, 6) is 0.964. The summed E-state index contributed by atoms with van der Waals surface area (Å²) in [6, 6.07) is 3.29. The van der Waals surface area contributed by atoms with Crippen molar-refractivity contribution in [1.29, 1.82) is 0 Å². The third kappa shape index (κ3) is 2.62. The minimum Gasteiger partial charge on any atom is -0.493 e. The van der Waals surface area contributed by atoms with Crippen LogP contribution in [0.25, 0.3) is 0 Å². The van der Waals surface area contributed by atoms with Gasteiger partial charge in [-0.2, -0.15) is 0 Å². The van der Waals surface area contributed by atoms with E-state index in [9.17, 15) is 4.79 Å². The van der Waals surface area contributed by atoms with Crippen molar-refractivity contribution in [1.82, 2.24) is 4.42 Å². The fourth-order valence-electron chi connectivity index (χ4n) is 2.21. The Morgan fingerprint density at radius 2 is 1.79 bits per heavy atom. The van der Waals surface area contributed by atoms with Crippen molar-refractivity contribution >= 4 is 17.7 Å². The summed E-state index contributed by atoms with van der Waals surface area (Å²) in [5.41, 5.74) is 2.04. The van der Waals surface area contributed by atoms with Gasteiger partial charge in [0.1, 0.15) is 6.04 Å². The number of rotatable bonds is 3. The van der Waals surface area contributed by atoms with Crippen molar-refractivity contribution in [2.45, 2.75) is 19.0 Å². The van der Waals surface area contributed by atoms with Crippen LogP contribution >= 0.6 is 11.8 Å². The van der Waals surface area contributed by atoms with Crippen LogP contribution in [0.5, 0.6) is 11.5 Å². The van der Waals surface area contributed by atoms with Crippen LogP contribution in [0.1, 0.15) is 11.1 Å². The summed E-state index contributed by atoms with van der Waals surface area (Å²) >= 11 is 6.11. The molecule has 1 aromatic rings. The molecule has 0 saturated heterocycles. The van der Waals surface area contributed by atoms with E-state index in [4.69, 9.17) is 26.0 Å². The Bertz CT molecular complexity index is 492. The molecule has 2 rings (SSSR count). The number of esters is 1. The number of carbonyl (C=O) groups is 1. The van der Waals surface area contributed by atoms with Gasteiger partial charge in [-0.05, 0) is 35.0 Å². The smallest absolute Gasteiger partial charge is 0.324 e. The minimum absolute atomic E-state index is 0.338. The molecule has 0 spiro atoms. The zero-order valence-corrected chi connectivity index (χ0v) is 11.9. The topological polar surface area (TPSA) is 48.0 Å². The van der Waals surface area contributed by atoms with Crippen molar-refractivity contribution in [3.05, 3.63) is 23.3 Å². The summed E-state index contributed by atoms with van der Waals surface area (Å²) in [6.45, 7) is 0.455. The van der Waals surface area contributed by atoms with Gasteiger partial charge in [-0.3, -0.25) is 4.79 Å². The normalized spacial score (nSPS) is 18.6. The second kappa shape index (κ2) is 5.67. The predicted molar refractivity (Wildman–Crippen MR) is 70.5 cm³/mol. The summed E-state index contributed by atoms with van der Waals surface area (Å²) in [5, 5.41) is 0. The lowest BCUT2D eigenvalue weighted by Crippen LogP contribution is -2.40. The van der Waals surface area contributed by atoms with Crippen LogP contribution in [0, 0.1) is 0 Å². The molecule has 19 heavy (non-hydrogen) atoms. The van der Waals surface area contributed by atoms with Crippen LogP contribution in [0.15, 0.2) is 12.1 Å². The number of ether oxygens (including phenoxy) is 3. The van der Waals surface area contributed by atoms with Gasteiger partial charge in [-0.1, -0.05) is 0 Å². The number of fused-ring (bicyclic) bond motifs is 1. The van der Waals surface area contributed by atoms with Crippen LogP contribution in [0.3, 0.4) is 0 Å². The van der Waals surface area contributed by atoms with Crippen molar-refractivity contribution < 1.29 is 19.0 Å². The van der Waals surface area contributed by atoms with E-state index >= 15 is 0 Å². The molecule has 1 aliphatic heterocycles. The Morgan fingerprint density at radius 1 is 1.21 bits per heavy atom.